The highest BCUT2D eigenvalue weighted by Crippen LogP contribution is 2.29. The summed E-state index contributed by atoms with van der Waals surface area (Å²) in [7, 11) is 0. The molecule has 1 aromatic heterocycles. The molecule has 0 atom stereocenters. The van der Waals surface area contributed by atoms with Crippen molar-refractivity contribution in [2.24, 2.45) is 0 Å². The minimum atomic E-state index is -0.619. The Morgan fingerprint density at radius 1 is 1.30 bits per heavy atom. The van der Waals surface area contributed by atoms with E-state index in [1.807, 2.05) is 27.9 Å². The van der Waals surface area contributed by atoms with Gasteiger partial charge in [-0.1, -0.05) is 19.1 Å². The molecule has 3 rings (SSSR count). The number of rotatable bonds is 7. The molecule has 1 aliphatic rings. The number of carbonyl (C=O) groups excluding carboxylic acids is 1. The van der Waals surface area contributed by atoms with E-state index in [2.05, 4.69) is 17.3 Å². The average molecular weight is 395 g/mol. The molecule has 0 saturated carbocycles. The highest BCUT2D eigenvalue weighted by molar-refractivity contribution is 5.85. The minimum absolute atomic E-state index is 0. The number of nitrogens with one attached hydrogen (secondary N) is 1. The van der Waals surface area contributed by atoms with Gasteiger partial charge in [0, 0.05) is 25.5 Å². The molecular formula is C20H28ClFN4O. The van der Waals surface area contributed by atoms with E-state index in [0.717, 1.165) is 37.9 Å². The molecule has 1 saturated heterocycles. The number of carbonyl (C=O) groups is 1. The van der Waals surface area contributed by atoms with Crippen LogP contribution < -0.4 is 5.32 Å². The second-order valence-electron chi connectivity index (χ2n) is 6.90. The molecule has 148 valence electrons. The predicted octanol–water partition coefficient (Wildman–Crippen LogP) is 3.00. The van der Waals surface area contributed by atoms with Gasteiger partial charge in [0.15, 0.2) is 0 Å². The van der Waals surface area contributed by atoms with Crippen LogP contribution in [0.15, 0.2) is 42.7 Å². The van der Waals surface area contributed by atoms with E-state index >= 15 is 0 Å². The summed E-state index contributed by atoms with van der Waals surface area (Å²) in [5.74, 6) is -0.108. The Kier molecular flexibility index (Phi) is 7.80. The smallest absolute Gasteiger partial charge is 0.250 e. The highest BCUT2D eigenvalue weighted by Gasteiger charge is 2.44. The van der Waals surface area contributed by atoms with Crippen LogP contribution in [0.3, 0.4) is 0 Å². The Morgan fingerprint density at radius 3 is 2.70 bits per heavy atom. The number of hydrogen-bond acceptors (Lipinski definition) is 3. The van der Waals surface area contributed by atoms with Gasteiger partial charge in [0.25, 0.3) is 5.91 Å². The third-order valence-electron chi connectivity index (χ3n) is 5.11. The van der Waals surface area contributed by atoms with Crippen molar-refractivity contribution in [2.45, 2.75) is 38.1 Å². The molecule has 1 aliphatic heterocycles. The number of hydrogen-bond donors (Lipinski definition) is 1. The monoisotopic (exact) mass is 394 g/mol. The van der Waals surface area contributed by atoms with E-state index < -0.39 is 5.54 Å². The zero-order valence-electron chi connectivity index (χ0n) is 15.7. The molecule has 1 N–H and O–H groups in total. The SMILES string of the molecule is CCCN(CCc1cccc(F)c1)C(=O)C1(n2cccn2)CCNCC1.Cl. The van der Waals surface area contributed by atoms with Crippen LogP contribution in [0.1, 0.15) is 31.7 Å². The van der Waals surface area contributed by atoms with Crippen molar-refractivity contribution in [3.05, 3.63) is 54.1 Å². The first kappa shape index (κ1) is 21.4. The van der Waals surface area contributed by atoms with Crippen molar-refractivity contribution < 1.29 is 9.18 Å². The summed E-state index contributed by atoms with van der Waals surface area (Å²) >= 11 is 0. The minimum Gasteiger partial charge on any atom is -0.340 e. The lowest BCUT2D eigenvalue weighted by molar-refractivity contribution is -0.143. The number of nitrogens with zero attached hydrogens (tertiary/aromatic N) is 3. The maximum absolute atomic E-state index is 13.6. The second kappa shape index (κ2) is 9.85. The van der Waals surface area contributed by atoms with Gasteiger partial charge in [-0.3, -0.25) is 9.48 Å². The molecule has 1 fully saturated rings. The number of aromatic nitrogens is 2. The standard InChI is InChI=1S/C20H27FN4O.ClH/c1-2-13-24(15-7-17-5-3-6-18(21)16-17)19(26)20(8-11-22-12-9-20)25-14-4-10-23-25;/h3-6,10,14,16,22H,2,7-9,11-13,15H2,1H3;1H. The van der Waals surface area contributed by atoms with Crippen LogP contribution in [0.4, 0.5) is 4.39 Å². The predicted molar refractivity (Wildman–Crippen MR) is 107 cm³/mol. The first-order chi connectivity index (χ1) is 12.7. The van der Waals surface area contributed by atoms with Crippen LogP contribution in [-0.2, 0) is 16.8 Å². The van der Waals surface area contributed by atoms with Crippen molar-refractivity contribution in [3.63, 3.8) is 0 Å². The Bertz CT molecular complexity index is 717. The van der Waals surface area contributed by atoms with Gasteiger partial charge in [-0.15, -0.1) is 12.4 Å². The normalized spacial score (nSPS) is 15.8. The number of piperidine rings is 1. The van der Waals surface area contributed by atoms with Gasteiger partial charge < -0.3 is 10.2 Å². The lowest BCUT2D eigenvalue weighted by atomic mass is 9.86. The summed E-state index contributed by atoms with van der Waals surface area (Å²) in [5.41, 5.74) is 0.295. The quantitative estimate of drug-likeness (QED) is 0.785. The summed E-state index contributed by atoms with van der Waals surface area (Å²) in [5, 5.41) is 7.74. The summed E-state index contributed by atoms with van der Waals surface area (Å²) in [6.07, 6.45) is 6.62. The number of benzene rings is 1. The van der Waals surface area contributed by atoms with Gasteiger partial charge in [0.1, 0.15) is 11.4 Å². The van der Waals surface area contributed by atoms with E-state index in [1.165, 1.54) is 6.07 Å². The van der Waals surface area contributed by atoms with Crippen molar-refractivity contribution >= 4 is 18.3 Å². The molecule has 0 bridgehead atoms. The molecule has 27 heavy (non-hydrogen) atoms. The number of halogens is 2. The molecule has 2 heterocycles. The third kappa shape index (κ3) is 4.87. The maximum atomic E-state index is 13.6. The Balaban J connectivity index is 0.00000261. The molecule has 1 amide bonds. The van der Waals surface area contributed by atoms with Gasteiger partial charge in [0.05, 0.1) is 0 Å². The molecule has 1 aromatic carbocycles. The number of amides is 1. The van der Waals surface area contributed by atoms with Gasteiger partial charge >= 0.3 is 0 Å². The second-order valence-corrected chi connectivity index (χ2v) is 6.90. The van der Waals surface area contributed by atoms with Crippen LogP contribution >= 0.6 is 12.4 Å². The zero-order chi connectivity index (χ0) is 18.4. The first-order valence-corrected chi connectivity index (χ1v) is 9.40. The van der Waals surface area contributed by atoms with Crippen LogP contribution in [0.25, 0.3) is 0 Å². The van der Waals surface area contributed by atoms with Crippen LogP contribution in [0, 0.1) is 5.82 Å². The van der Waals surface area contributed by atoms with Crippen molar-refractivity contribution in [3.8, 4) is 0 Å². The van der Waals surface area contributed by atoms with E-state index in [-0.39, 0.29) is 24.1 Å². The fraction of sp³-hybridized carbons (Fsp3) is 0.500. The molecule has 0 spiro atoms. The van der Waals surface area contributed by atoms with E-state index in [9.17, 15) is 9.18 Å². The fourth-order valence-electron chi connectivity index (χ4n) is 3.74. The summed E-state index contributed by atoms with van der Waals surface area (Å²) < 4.78 is 15.3. The van der Waals surface area contributed by atoms with Gasteiger partial charge in [-0.05, 0) is 62.5 Å². The maximum Gasteiger partial charge on any atom is 0.250 e. The summed E-state index contributed by atoms with van der Waals surface area (Å²) in [6.45, 7) is 4.97. The zero-order valence-corrected chi connectivity index (χ0v) is 16.6. The van der Waals surface area contributed by atoms with Crippen molar-refractivity contribution in [2.75, 3.05) is 26.2 Å². The average Bonchev–Trinajstić information content (AvgIpc) is 3.20. The lowest BCUT2D eigenvalue weighted by Crippen LogP contribution is -2.56. The Morgan fingerprint density at radius 2 is 2.07 bits per heavy atom. The highest BCUT2D eigenvalue weighted by atomic mass is 35.5. The lowest BCUT2D eigenvalue weighted by Gasteiger charge is -2.40. The van der Waals surface area contributed by atoms with Crippen LogP contribution in [-0.4, -0.2) is 46.8 Å². The Labute approximate surface area is 166 Å². The molecule has 0 radical (unpaired) electrons. The largest absolute Gasteiger partial charge is 0.340 e. The molecule has 0 aliphatic carbocycles. The van der Waals surface area contributed by atoms with Crippen LogP contribution in [0.5, 0.6) is 0 Å². The van der Waals surface area contributed by atoms with Gasteiger partial charge in [0.2, 0.25) is 0 Å². The van der Waals surface area contributed by atoms with E-state index in [0.29, 0.717) is 19.5 Å². The van der Waals surface area contributed by atoms with Crippen LogP contribution in [0.2, 0.25) is 0 Å². The topological polar surface area (TPSA) is 50.2 Å². The van der Waals surface area contributed by atoms with Gasteiger partial charge in [-0.2, -0.15) is 5.10 Å². The first-order valence-electron chi connectivity index (χ1n) is 9.40. The molecule has 0 unspecified atom stereocenters. The summed E-state index contributed by atoms with van der Waals surface area (Å²) in [4.78, 5) is 15.5. The van der Waals surface area contributed by atoms with Crippen molar-refractivity contribution in [1.82, 2.24) is 20.0 Å². The third-order valence-corrected chi connectivity index (χ3v) is 5.11. The van der Waals surface area contributed by atoms with Gasteiger partial charge in [-0.25, -0.2) is 4.39 Å². The molecule has 7 heteroatoms. The molecular weight excluding hydrogens is 367 g/mol. The van der Waals surface area contributed by atoms with E-state index in [1.54, 1.807) is 18.3 Å². The summed E-state index contributed by atoms with van der Waals surface area (Å²) in [6, 6.07) is 8.48. The Hall–Kier alpha value is -1.92. The molecule has 2 aromatic rings. The van der Waals surface area contributed by atoms with Crippen molar-refractivity contribution in [1.29, 1.82) is 0 Å². The molecule has 5 nitrogen and oxygen atoms in total. The van der Waals surface area contributed by atoms with E-state index in [4.69, 9.17) is 0 Å². The fourth-order valence-corrected chi connectivity index (χ4v) is 3.74.